The number of halogens is 1. The van der Waals surface area contributed by atoms with Crippen LogP contribution in [0.15, 0.2) is 36.9 Å². The number of aromatic hydroxyl groups is 1. The molecule has 138 valence electrons. The van der Waals surface area contributed by atoms with Crippen LogP contribution in [0.4, 0.5) is 0 Å². The van der Waals surface area contributed by atoms with Crippen LogP contribution in [-0.4, -0.2) is 17.5 Å². The summed E-state index contributed by atoms with van der Waals surface area (Å²) in [5, 5.41) is 10.6. The minimum Gasteiger partial charge on any atom is -0.508 e. The Kier molecular flexibility index (Phi) is 6.49. The molecule has 0 atom stereocenters. The van der Waals surface area contributed by atoms with Crippen molar-refractivity contribution in [2.24, 2.45) is 0 Å². The lowest BCUT2D eigenvalue weighted by Crippen LogP contribution is -2.07. The molecule has 3 nitrogen and oxygen atoms in total. The maximum Gasteiger partial charge on any atom is 0.167 e. The molecule has 0 heterocycles. The van der Waals surface area contributed by atoms with Gasteiger partial charge in [-0.2, -0.15) is 0 Å². The predicted octanol–water partition coefficient (Wildman–Crippen LogP) is 5.76. The van der Waals surface area contributed by atoms with Gasteiger partial charge in [0.15, 0.2) is 5.78 Å². The number of carbonyl (C=O) groups is 1. The average molecular weight is 373 g/mol. The third-order valence-corrected chi connectivity index (χ3v) is 4.50. The van der Waals surface area contributed by atoms with Crippen LogP contribution in [0.3, 0.4) is 0 Å². The summed E-state index contributed by atoms with van der Waals surface area (Å²) in [6, 6.07) is 9.24. The summed E-state index contributed by atoms with van der Waals surface area (Å²) in [6.45, 7) is 11.6. The molecular weight excluding hydrogens is 348 g/mol. The van der Waals surface area contributed by atoms with Crippen LogP contribution in [0.1, 0.15) is 55.9 Å². The van der Waals surface area contributed by atoms with Crippen LogP contribution in [0.25, 0.3) is 5.57 Å². The SMILES string of the molecule is C=C(C)c1cc(OCC(C)=O)cc(Cl)c1Cc1ccc(O)c(C(C)C)c1. The fraction of sp³-hybridized carbons (Fsp3) is 0.318. The monoisotopic (exact) mass is 372 g/mol. The third-order valence-electron chi connectivity index (χ3n) is 4.17. The van der Waals surface area contributed by atoms with Crippen molar-refractivity contribution in [3.63, 3.8) is 0 Å². The van der Waals surface area contributed by atoms with Gasteiger partial charge in [0.05, 0.1) is 0 Å². The van der Waals surface area contributed by atoms with Crippen LogP contribution in [0.2, 0.25) is 5.02 Å². The molecule has 1 N–H and O–H groups in total. The summed E-state index contributed by atoms with van der Waals surface area (Å²) in [7, 11) is 0. The maximum atomic E-state index is 11.1. The summed E-state index contributed by atoms with van der Waals surface area (Å²) in [4.78, 5) is 11.1. The van der Waals surface area contributed by atoms with E-state index >= 15 is 0 Å². The lowest BCUT2D eigenvalue weighted by atomic mass is 9.93. The highest BCUT2D eigenvalue weighted by atomic mass is 35.5. The van der Waals surface area contributed by atoms with E-state index in [0.29, 0.717) is 22.9 Å². The molecular formula is C22H25ClO3. The lowest BCUT2D eigenvalue weighted by Gasteiger charge is -2.16. The molecule has 0 saturated heterocycles. The van der Waals surface area contributed by atoms with Gasteiger partial charge in [0.2, 0.25) is 0 Å². The number of ether oxygens (including phenoxy) is 1. The number of phenols is 1. The van der Waals surface area contributed by atoms with Gasteiger partial charge in [-0.1, -0.05) is 49.7 Å². The second-order valence-electron chi connectivity index (χ2n) is 6.93. The first-order valence-corrected chi connectivity index (χ1v) is 8.99. The molecule has 26 heavy (non-hydrogen) atoms. The van der Waals surface area contributed by atoms with E-state index < -0.39 is 0 Å². The van der Waals surface area contributed by atoms with Crippen molar-refractivity contribution in [3.05, 3.63) is 64.2 Å². The number of ketones is 1. The van der Waals surface area contributed by atoms with Crippen molar-refractivity contribution in [1.82, 2.24) is 0 Å². The Morgan fingerprint density at radius 2 is 1.92 bits per heavy atom. The Morgan fingerprint density at radius 1 is 1.23 bits per heavy atom. The number of rotatable bonds is 7. The minimum absolute atomic E-state index is 0.0149. The molecule has 0 amide bonds. The summed E-state index contributed by atoms with van der Waals surface area (Å²) in [5.41, 5.74) is 4.72. The topological polar surface area (TPSA) is 46.5 Å². The number of hydrogen-bond acceptors (Lipinski definition) is 3. The van der Waals surface area contributed by atoms with E-state index in [2.05, 4.69) is 6.58 Å². The minimum atomic E-state index is -0.0487. The summed E-state index contributed by atoms with van der Waals surface area (Å²) < 4.78 is 5.50. The van der Waals surface area contributed by atoms with Gasteiger partial charge < -0.3 is 9.84 Å². The quantitative estimate of drug-likeness (QED) is 0.672. The zero-order chi connectivity index (χ0) is 19.4. The Labute approximate surface area is 160 Å². The number of benzene rings is 2. The van der Waals surface area contributed by atoms with Gasteiger partial charge in [0, 0.05) is 5.02 Å². The lowest BCUT2D eigenvalue weighted by molar-refractivity contribution is -0.118. The van der Waals surface area contributed by atoms with Crippen molar-refractivity contribution in [1.29, 1.82) is 0 Å². The zero-order valence-electron chi connectivity index (χ0n) is 15.7. The van der Waals surface area contributed by atoms with Crippen LogP contribution in [-0.2, 0) is 11.2 Å². The van der Waals surface area contributed by atoms with E-state index in [4.69, 9.17) is 16.3 Å². The summed E-state index contributed by atoms with van der Waals surface area (Å²) in [5.74, 6) is 1.05. The van der Waals surface area contributed by atoms with Gasteiger partial charge in [-0.05, 0) is 66.6 Å². The number of allylic oxidation sites excluding steroid dienone is 1. The molecule has 0 bridgehead atoms. The second-order valence-corrected chi connectivity index (χ2v) is 7.33. The molecule has 2 aromatic rings. The van der Waals surface area contributed by atoms with Gasteiger partial charge in [0.25, 0.3) is 0 Å². The van der Waals surface area contributed by atoms with Crippen molar-refractivity contribution >= 4 is 23.0 Å². The molecule has 2 aromatic carbocycles. The number of hydrogen-bond donors (Lipinski definition) is 1. The fourth-order valence-corrected chi connectivity index (χ4v) is 3.10. The summed E-state index contributed by atoms with van der Waals surface area (Å²) >= 11 is 6.52. The van der Waals surface area contributed by atoms with Crippen molar-refractivity contribution in [3.8, 4) is 11.5 Å². The molecule has 0 aromatic heterocycles. The largest absolute Gasteiger partial charge is 0.508 e. The van der Waals surface area contributed by atoms with Crippen LogP contribution in [0.5, 0.6) is 11.5 Å². The van der Waals surface area contributed by atoms with Crippen molar-refractivity contribution in [2.45, 2.75) is 40.0 Å². The van der Waals surface area contributed by atoms with Crippen molar-refractivity contribution < 1.29 is 14.6 Å². The van der Waals surface area contributed by atoms with Crippen LogP contribution in [0, 0.1) is 0 Å². The molecule has 0 radical (unpaired) electrons. The van der Waals surface area contributed by atoms with Gasteiger partial charge >= 0.3 is 0 Å². The standard InChI is InChI=1S/C22H25ClO3/c1-13(2)18-10-17(26-12-15(5)24)11-21(23)20(18)9-16-6-7-22(25)19(8-16)14(3)4/h6-8,10-11,14,25H,1,9,12H2,2-5H3. The normalized spacial score (nSPS) is 10.8. The van der Waals surface area contributed by atoms with E-state index in [1.54, 1.807) is 12.1 Å². The van der Waals surface area contributed by atoms with Gasteiger partial charge in [-0.15, -0.1) is 0 Å². The second kappa shape index (κ2) is 8.41. The van der Waals surface area contributed by atoms with E-state index in [9.17, 15) is 9.90 Å². The zero-order valence-corrected chi connectivity index (χ0v) is 16.5. The highest BCUT2D eigenvalue weighted by molar-refractivity contribution is 6.31. The molecule has 2 rings (SSSR count). The Morgan fingerprint density at radius 3 is 2.50 bits per heavy atom. The number of Topliss-reactive ketones (excluding diaryl/α,β-unsaturated/α-hetero) is 1. The predicted molar refractivity (Wildman–Crippen MR) is 107 cm³/mol. The van der Waals surface area contributed by atoms with Crippen LogP contribution < -0.4 is 4.74 Å². The highest BCUT2D eigenvalue weighted by Crippen LogP contribution is 2.34. The number of phenolic OH excluding ortho intramolecular Hbond substituents is 1. The van der Waals surface area contributed by atoms with Crippen LogP contribution >= 0.6 is 11.6 Å². The van der Waals surface area contributed by atoms with E-state index in [1.165, 1.54) is 6.92 Å². The first-order valence-electron chi connectivity index (χ1n) is 8.61. The molecule has 0 aliphatic rings. The third kappa shape index (κ3) is 4.89. The molecule has 4 heteroatoms. The molecule has 0 saturated carbocycles. The molecule has 0 unspecified atom stereocenters. The van der Waals surface area contributed by atoms with E-state index in [1.807, 2.05) is 39.0 Å². The Bertz CT molecular complexity index is 838. The molecule has 0 fully saturated rings. The van der Waals surface area contributed by atoms with Crippen molar-refractivity contribution in [2.75, 3.05) is 6.61 Å². The average Bonchev–Trinajstić information content (AvgIpc) is 2.55. The smallest absolute Gasteiger partial charge is 0.167 e. The molecule has 0 spiro atoms. The Hall–Kier alpha value is -2.26. The van der Waals surface area contributed by atoms with Gasteiger partial charge in [-0.3, -0.25) is 4.79 Å². The molecule has 0 aliphatic carbocycles. The Balaban J connectivity index is 2.41. The maximum absolute atomic E-state index is 11.1. The molecule has 0 aliphatic heterocycles. The highest BCUT2D eigenvalue weighted by Gasteiger charge is 2.14. The van der Waals surface area contributed by atoms with Gasteiger partial charge in [0.1, 0.15) is 18.1 Å². The van der Waals surface area contributed by atoms with Gasteiger partial charge in [-0.25, -0.2) is 0 Å². The first kappa shape index (κ1) is 20.1. The first-order chi connectivity index (χ1) is 12.2. The summed E-state index contributed by atoms with van der Waals surface area (Å²) in [6.07, 6.45) is 0.619. The fourth-order valence-electron chi connectivity index (χ4n) is 2.82. The van der Waals surface area contributed by atoms with E-state index in [-0.39, 0.29) is 18.3 Å². The van der Waals surface area contributed by atoms with E-state index in [0.717, 1.165) is 27.8 Å². The number of carbonyl (C=O) groups excluding carboxylic acids is 1.